The van der Waals surface area contributed by atoms with Gasteiger partial charge in [-0.05, 0) is 43.0 Å². The monoisotopic (exact) mass is 345 g/mol. The third-order valence-corrected chi connectivity index (χ3v) is 4.01. The SMILES string of the molecule is COc1ccc2c(C(=O)NC(C)C)nc(C#N)c(-c3ccccc3)c2c1. The summed E-state index contributed by atoms with van der Waals surface area (Å²) in [4.78, 5) is 17.0. The summed E-state index contributed by atoms with van der Waals surface area (Å²) in [6.45, 7) is 3.76. The molecule has 1 aromatic heterocycles. The number of fused-ring (bicyclic) bond motifs is 1. The predicted molar refractivity (Wildman–Crippen MR) is 101 cm³/mol. The predicted octanol–water partition coefficient (Wildman–Crippen LogP) is 3.92. The molecule has 3 aromatic rings. The Balaban J connectivity index is 2.37. The summed E-state index contributed by atoms with van der Waals surface area (Å²) in [5, 5.41) is 14.0. The largest absolute Gasteiger partial charge is 0.497 e. The Hall–Kier alpha value is -3.39. The van der Waals surface area contributed by atoms with Gasteiger partial charge < -0.3 is 10.1 Å². The molecule has 1 amide bonds. The molecule has 26 heavy (non-hydrogen) atoms. The van der Waals surface area contributed by atoms with Gasteiger partial charge in [-0.2, -0.15) is 5.26 Å². The van der Waals surface area contributed by atoms with Crippen LogP contribution in [0.2, 0.25) is 0 Å². The van der Waals surface area contributed by atoms with Crippen molar-refractivity contribution in [2.45, 2.75) is 19.9 Å². The minimum Gasteiger partial charge on any atom is -0.497 e. The molecule has 0 saturated heterocycles. The Morgan fingerprint density at radius 3 is 2.50 bits per heavy atom. The molecular weight excluding hydrogens is 326 g/mol. The molecule has 5 heteroatoms. The van der Waals surface area contributed by atoms with Crippen molar-refractivity contribution in [3.63, 3.8) is 0 Å². The van der Waals surface area contributed by atoms with Crippen molar-refractivity contribution < 1.29 is 9.53 Å². The summed E-state index contributed by atoms with van der Waals surface area (Å²) in [5.41, 5.74) is 2.02. The molecule has 0 aliphatic rings. The maximum Gasteiger partial charge on any atom is 0.270 e. The number of rotatable bonds is 4. The van der Waals surface area contributed by atoms with Crippen LogP contribution < -0.4 is 10.1 Å². The number of hydrogen-bond donors (Lipinski definition) is 1. The molecule has 3 rings (SSSR count). The van der Waals surface area contributed by atoms with E-state index < -0.39 is 0 Å². The van der Waals surface area contributed by atoms with E-state index in [1.165, 1.54) is 0 Å². The Bertz CT molecular complexity index is 1010. The molecule has 2 aromatic carbocycles. The molecule has 0 atom stereocenters. The van der Waals surface area contributed by atoms with Crippen molar-refractivity contribution >= 4 is 16.7 Å². The van der Waals surface area contributed by atoms with Gasteiger partial charge in [0, 0.05) is 17.0 Å². The molecule has 0 saturated carbocycles. The number of ether oxygens (including phenoxy) is 1. The van der Waals surface area contributed by atoms with Crippen LogP contribution in [-0.4, -0.2) is 24.0 Å². The van der Waals surface area contributed by atoms with E-state index in [2.05, 4.69) is 16.4 Å². The number of methoxy groups -OCH3 is 1. The van der Waals surface area contributed by atoms with Gasteiger partial charge >= 0.3 is 0 Å². The third-order valence-electron chi connectivity index (χ3n) is 4.01. The number of nitrogens with zero attached hydrogens (tertiary/aromatic N) is 2. The third kappa shape index (κ3) is 3.22. The van der Waals surface area contributed by atoms with Crippen LogP contribution >= 0.6 is 0 Å². The molecule has 0 fully saturated rings. The number of carbonyl (C=O) groups is 1. The van der Waals surface area contributed by atoms with Crippen LogP contribution in [0, 0.1) is 11.3 Å². The lowest BCUT2D eigenvalue weighted by Gasteiger charge is -2.15. The Labute approximate surface area is 152 Å². The van der Waals surface area contributed by atoms with Crippen LogP contribution in [0.15, 0.2) is 48.5 Å². The summed E-state index contributed by atoms with van der Waals surface area (Å²) < 4.78 is 5.35. The van der Waals surface area contributed by atoms with Gasteiger partial charge in [-0.3, -0.25) is 4.79 Å². The molecule has 0 aliphatic heterocycles. The number of hydrogen-bond acceptors (Lipinski definition) is 4. The molecule has 0 radical (unpaired) electrons. The lowest BCUT2D eigenvalue weighted by Crippen LogP contribution is -2.31. The number of nitrogens with one attached hydrogen (secondary N) is 1. The Kier molecular flexibility index (Phi) is 4.85. The number of pyridine rings is 1. The van der Waals surface area contributed by atoms with E-state index >= 15 is 0 Å². The smallest absolute Gasteiger partial charge is 0.270 e. The molecule has 0 aliphatic carbocycles. The molecule has 0 spiro atoms. The standard InChI is InChI=1S/C21H19N3O2/c1-13(2)23-21(25)20-16-10-9-15(26-3)11-17(16)19(18(12-22)24-20)14-7-5-4-6-8-14/h4-11,13H,1-3H3,(H,23,25). The van der Waals surface area contributed by atoms with Crippen molar-refractivity contribution in [3.05, 3.63) is 59.9 Å². The quantitative estimate of drug-likeness (QED) is 0.777. The second kappa shape index (κ2) is 7.24. The zero-order valence-corrected chi connectivity index (χ0v) is 14.9. The highest BCUT2D eigenvalue weighted by atomic mass is 16.5. The van der Waals surface area contributed by atoms with Gasteiger partial charge in [-0.1, -0.05) is 30.3 Å². The van der Waals surface area contributed by atoms with Crippen LogP contribution in [0.1, 0.15) is 30.0 Å². The molecule has 0 bridgehead atoms. The Morgan fingerprint density at radius 2 is 1.88 bits per heavy atom. The molecule has 1 heterocycles. The van der Waals surface area contributed by atoms with Gasteiger partial charge in [0.15, 0.2) is 0 Å². The average Bonchev–Trinajstić information content (AvgIpc) is 2.66. The average molecular weight is 345 g/mol. The first kappa shape index (κ1) is 17.4. The highest BCUT2D eigenvalue weighted by Gasteiger charge is 2.20. The van der Waals surface area contributed by atoms with E-state index in [1.807, 2.05) is 56.3 Å². The van der Waals surface area contributed by atoms with E-state index in [1.54, 1.807) is 13.2 Å². The molecule has 0 unspecified atom stereocenters. The zero-order chi connectivity index (χ0) is 18.7. The lowest BCUT2D eigenvalue weighted by molar-refractivity contribution is 0.0940. The fraction of sp³-hybridized carbons (Fsp3) is 0.190. The van der Waals surface area contributed by atoms with Crippen molar-refractivity contribution in [2.24, 2.45) is 0 Å². The van der Waals surface area contributed by atoms with E-state index in [0.29, 0.717) is 16.7 Å². The fourth-order valence-corrected chi connectivity index (χ4v) is 2.90. The zero-order valence-electron chi connectivity index (χ0n) is 14.9. The molecule has 1 N–H and O–H groups in total. The van der Waals surface area contributed by atoms with Crippen LogP contribution in [0.4, 0.5) is 0 Å². The van der Waals surface area contributed by atoms with Crippen LogP contribution in [0.5, 0.6) is 5.75 Å². The summed E-state index contributed by atoms with van der Waals surface area (Å²) in [7, 11) is 1.59. The van der Waals surface area contributed by atoms with E-state index in [-0.39, 0.29) is 23.3 Å². The van der Waals surface area contributed by atoms with Gasteiger partial charge in [0.2, 0.25) is 0 Å². The lowest BCUT2D eigenvalue weighted by atomic mass is 9.95. The van der Waals surface area contributed by atoms with E-state index in [0.717, 1.165) is 10.9 Å². The summed E-state index contributed by atoms with van der Waals surface area (Å²) in [6.07, 6.45) is 0. The second-order valence-corrected chi connectivity index (χ2v) is 6.20. The minimum absolute atomic E-state index is 0.0306. The topological polar surface area (TPSA) is 75.0 Å². The maximum absolute atomic E-state index is 12.6. The van der Waals surface area contributed by atoms with Gasteiger partial charge in [0.1, 0.15) is 23.2 Å². The number of amides is 1. The number of carbonyl (C=O) groups excluding carboxylic acids is 1. The van der Waals surface area contributed by atoms with Crippen LogP contribution in [0.3, 0.4) is 0 Å². The first-order valence-electron chi connectivity index (χ1n) is 8.33. The molecule has 5 nitrogen and oxygen atoms in total. The maximum atomic E-state index is 12.6. The summed E-state index contributed by atoms with van der Waals surface area (Å²) in [6, 6.07) is 17.1. The van der Waals surface area contributed by atoms with Crippen molar-refractivity contribution in [1.82, 2.24) is 10.3 Å². The van der Waals surface area contributed by atoms with Gasteiger partial charge in [0.05, 0.1) is 7.11 Å². The van der Waals surface area contributed by atoms with Gasteiger partial charge in [-0.25, -0.2) is 4.98 Å². The summed E-state index contributed by atoms with van der Waals surface area (Å²) in [5.74, 6) is 0.353. The number of aromatic nitrogens is 1. The number of benzene rings is 2. The second-order valence-electron chi connectivity index (χ2n) is 6.20. The fourth-order valence-electron chi connectivity index (χ4n) is 2.90. The van der Waals surface area contributed by atoms with Crippen molar-refractivity contribution in [1.29, 1.82) is 5.26 Å². The summed E-state index contributed by atoms with van der Waals surface area (Å²) >= 11 is 0. The van der Waals surface area contributed by atoms with Gasteiger partial charge in [-0.15, -0.1) is 0 Å². The van der Waals surface area contributed by atoms with Gasteiger partial charge in [0.25, 0.3) is 5.91 Å². The number of nitriles is 1. The highest BCUT2D eigenvalue weighted by Crippen LogP contribution is 2.34. The van der Waals surface area contributed by atoms with E-state index in [9.17, 15) is 10.1 Å². The molecule has 130 valence electrons. The molecular formula is C21H19N3O2. The van der Waals surface area contributed by atoms with Crippen LogP contribution in [0.25, 0.3) is 21.9 Å². The highest BCUT2D eigenvalue weighted by molar-refractivity contribution is 6.10. The van der Waals surface area contributed by atoms with Crippen molar-refractivity contribution in [2.75, 3.05) is 7.11 Å². The van der Waals surface area contributed by atoms with Crippen LogP contribution in [-0.2, 0) is 0 Å². The first-order chi connectivity index (χ1) is 12.5. The van der Waals surface area contributed by atoms with Crippen molar-refractivity contribution in [3.8, 4) is 22.9 Å². The first-order valence-corrected chi connectivity index (χ1v) is 8.33. The Morgan fingerprint density at radius 1 is 1.15 bits per heavy atom. The normalized spacial score (nSPS) is 10.6. The minimum atomic E-state index is -0.300. The van der Waals surface area contributed by atoms with E-state index in [4.69, 9.17) is 4.74 Å².